The molecule has 7 rings (SSSR count). The number of aromatic hydroxyl groups is 1. The van der Waals surface area contributed by atoms with E-state index in [0.29, 0.717) is 43.6 Å². The van der Waals surface area contributed by atoms with E-state index in [1.807, 2.05) is 43.3 Å². The fraction of sp³-hybridized carbons (Fsp3) is 0.463. The van der Waals surface area contributed by atoms with Gasteiger partial charge in [-0.1, -0.05) is 30.2 Å². The minimum absolute atomic E-state index is 0.0759. The molecule has 9 nitrogen and oxygen atoms in total. The Morgan fingerprint density at radius 3 is 2.71 bits per heavy atom. The summed E-state index contributed by atoms with van der Waals surface area (Å²) in [6.07, 6.45) is 10.8. The van der Waals surface area contributed by atoms with Crippen LogP contribution in [0.3, 0.4) is 0 Å². The topological polar surface area (TPSA) is 160 Å². The lowest BCUT2D eigenvalue weighted by atomic mass is 9.48. The Morgan fingerprint density at radius 1 is 1.17 bits per heavy atom. The molecule has 4 aliphatic rings. The largest absolute Gasteiger partial charge is 0.507 e. The number of nitrogens with one attached hydrogen (secondary N) is 2. The van der Waals surface area contributed by atoms with E-state index in [4.69, 9.17) is 5.73 Å². The number of aliphatic hydroxyl groups is 3. The maximum Gasteiger partial charge on any atom is 0.188 e. The minimum atomic E-state index is -0.852. The fourth-order valence-electron chi connectivity index (χ4n) is 9.51. The van der Waals surface area contributed by atoms with Gasteiger partial charge in [0.15, 0.2) is 11.7 Å². The van der Waals surface area contributed by atoms with E-state index in [1.165, 1.54) is 11.3 Å². The van der Waals surface area contributed by atoms with E-state index >= 15 is 0 Å². The second kappa shape index (κ2) is 14.5. The molecule has 3 aromatic rings. The van der Waals surface area contributed by atoms with Gasteiger partial charge in [-0.3, -0.25) is 9.79 Å². The molecule has 8 N–H and O–H groups in total. The molecule has 9 unspecified atom stereocenters. The van der Waals surface area contributed by atoms with Gasteiger partial charge in [0, 0.05) is 45.4 Å². The molecule has 11 heteroatoms. The number of carbonyl (C=O) groups is 1. The van der Waals surface area contributed by atoms with Crippen molar-refractivity contribution < 1.29 is 25.2 Å². The predicted octanol–water partition coefficient (Wildman–Crippen LogP) is 5.79. The normalized spacial score (nSPS) is 29.2. The van der Waals surface area contributed by atoms with Crippen molar-refractivity contribution in [3.63, 3.8) is 0 Å². The van der Waals surface area contributed by atoms with Crippen LogP contribution in [0.15, 0.2) is 59.6 Å². The number of nitrogens with zero attached hydrogens (tertiary/aromatic N) is 1. The van der Waals surface area contributed by atoms with E-state index in [1.54, 1.807) is 31.4 Å². The van der Waals surface area contributed by atoms with Crippen molar-refractivity contribution in [2.45, 2.75) is 76.7 Å². The van der Waals surface area contributed by atoms with Crippen LogP contribution in [0.1, 0.15) is 71.6 Å². The van der Waals surface area contributed by atoms with Crippen LogP contribution < -0.4 is 16.4 Å². The summed E-state index contributed by atoms with van der Waals surface area (Å²) in [5.74, 6) is 6.40. The van der Waals surface area contributed by atoms with Crippen LogP contribution >= 0.6 is 22.7 Å². The molecule has 2 bridgehead atoms. The molecule has 0 amide bonds. The molecule has 3 heterocycles. The second-order valence-corrected chi connectivity index (χ2v) is 17.2. The molecule has 2 saturated carbocycles. The molecule has 2 fully saturated rings. The number of phenolic OH excluding ortho intramolecular Hbond substituents is 1. The van der Waals surface area contributed by atoms with Gasteiger partial charge >= 0.3 is 0 Å². The number of carbonyl (C=O) groups excluding carboxylic acids is 1. The average Bonchev–Trinajstić information content (AvgIpc) is 3.90. The van der Waals surface area contributed by atoms with Gasteiger partial charge in [-0.05, 0) is 112 Å². The number of fused-ring (bicyclic) bond motifs is 2. The molecule has 52 heavy (non-hydrogen) atoms. The number of thiophene rings is 2. The molecule has 2 aromatic heterocycles. The molecule has 9 atom stereocenters. The Morgan fingerprint density at radius 2 is 1.96 bits per heavy atom. The van der Waals surface area contributed by atoms with Crippen LogP contribution in [0.25, 0.3) is 15.8 Å². The first-order valence-electron chi connectivity index (χ1n) is 18.1. The molecule has 1 aliphatic heterocycles. The number of hydrogen-bond donors (Lipinski definition) is 7. The Kier molecular flexibility index (Phi) is 10.1. The first kappa shape index (κ1) is 36.4. The molecule has 0 saturated heterocycles. The van der Waals surface area contributed by atoms with Gasteiger partial charge in [-0.15, -0.1) is 28.6 Å². The van der Waals surface area contributed by atoms with E-state index in [-0.39, 0.29) is 48.0 Å². The number of aliphatic hydroxyl groups excluding tert-OH is 3. The van der Waals surface area contributed by atoms with E-state index in [2.05, 4.69) is 45.7 Å². The van der Waals surface area contributed by atoms with Crippen LogP contribution in [0, 0.1) is 40.4 Å². The summed E-state index contributed by atoms with van der Waals surface area (Å²) in [5, 5.41) is 49.2. The van der Waals surface area contributed by atoms with Gasteiger partial charge in [0.05, 0.1) is 34.6 Å². The SMILES string of the molecule is CC#Cc1ccc(-c2ccc(C(=O)C3CCC4(C(Cc5cc(O)c6c(c5)NC(C(C)O)C=C6)NC(N)=NC)C=CC5CC(C(O)CO)CC53C4)s2)s1. The van der Waals surface area contributed by atoms with Gasteiger partial charge in [-0.2, -0.15) is 0 Å². The first-order valence-corrected chi connectivity index (χ1v) is 19.7. The number of phenols is 1. The van der Waals surface area contributed by atoms with Gasteiger partial charge in [0.1, 0.15) is 5.75 Å². The highest BCUT2D eigenvalue weighted by molar-refractivity contribution is 7.23. The highest BCUT2D eigenvalue weighted by Gasteiger charge is 2.62. The van der Waals surface area contributed by atoms with Gasteiger partial charge < -0.3 is 36.8 Å². The summed E-state index contributed by atoms with van der Waals surface area (Å²) in [4.78, 5) is 22.9. The fourth-order valence-corrected chi connectivity index (χ4v) is 11.5. The highest BCUT2D eigenvalue weighted by Crippen LogP contribution is 2.67. The van der Waals surface area contributed by atoms with E-state index < -0.39 is 23.0 Å². The van der Waals surface area contributed by atoms with Crippen molar-refractivity contribution in [2.24, 2.45) is 39.3 Å². The van der Waals surface area contributed by atoms with Gasteiger partial charge in [-0.25, -0.2) is 0 Å². The molecular formula is C41H48N4O5S2. The van der Waals surface area contributed by atoms with Crippen molar-refractivity contribution in [3.05, 3.63) is 75.5 Å². The van der Waals surface area contributed by atoms with Crippen LogP contribution in [0.4, 0.5) is 5.69 Å². The summed E-state index contributed by atoms with van der Waals surface area (Å²) < 4.78 is 0. The van der Waals surface area contributed by atoms with Gasteiger partial charge in [0.25, 0.3) is 0 Å². The summed E-state index contributed by atoms with van der Waals surface area (Å²) in [6.45, 7) is 3.25. The summed E-state index contributed by atoms with van der Waals surface area (Å²) >= 11 is 3.17. The number of benzene rings is 1. The molecular weight excluding hydrogens is 693 g/mol. The Hall–Kier alpha value is -3.92. The van der Waals surface area contributed by atoms with Crippen molar-refractivity contribution in [1.29, 1.82) is 0 Å². The molecule has 274 valence electrons. The lowest BCUT2D eigenvalue weighted by molar-refractivity contribution is -0.0192. The maximum atomic E-state index is 14.7. The average molecular weight is 741 g/mol. The Bertz CT molecular complexity index is 1990. The Balaban J connectivity index is 1.23. The minimum Gasteiger partial charge on any atom is -0.507 e. The zero-order valence-corrected chi connectivity index (χ0v) is 31.4. The van der Waals surface area contributed by atoms with Crippen LogP contribution in [0.5, 0.6) is 5.75 Å². The summed E-state index contributed by atoms with van der Waals surface area (Å²) in [5.41, 5.74) is 7.90. The van der Waals surface area contributed by atoms with Crippen LogP contribution in [-0.2, 0) is 6.42 Å². The second-order valence-electron chi connectivity index (χ2n) is 15.1. The van der Waals surface area contributed by atoms with Crippen LogP contribution in [-0.4, -0.2) is 70.1 Å². The third-order valence-corrected chi connectivity index (χ3v) is 14.4. The summed E-state index contributed by atoms with van der Waals surface area (Å²) in [7, 11) is 1.65. The van der Waals surface area contributed by atoms with E-state index in [0.717, 1.165) is 37.2 Å². The van der Waals surface area contributed by atoms with Gasteiger partial charge in [0.2, 0.25) is 0 Å². The predicted molar refractivity (Wildman–Crippen MR) is 210 cm³/mol. The quantitative estimate of drug-likeness (QED) is 0.0452. The van der Waals surface area contributed by atoms with Crippen molar-refractivity contribution in [2.75, 3.05) is 19.0 Å². The maximum absolute atomic E-state index is 14.7. The molecule has 1 spiro atoms. The number of Topliss-reactive ketones (excluding diaryl/α,β-unsaturated/α-hetero) is 1. The number of aliphatic imine (C=N–C) groups is 1. The summed E-state index contributed by atoms with van der Waals surface area (Å²) in [6, 6.07) is 11.4. The third-order valence-electron chi connectivity index (χ3n) is 12.1. The van der Waals surface area contributed by atoms with Crippen molar-refractivity contribution >= 4 is 46.2 Å². The number of allylic oxidation sites excluding steroid dienone is 1. The lowest BCUT2D eigenvalue weighted by Crippen LogP contribution is -2.58. The van der Waals surface area contributed by atoms with E-state index in [9.17, 15) is 25.2 Å². The number of rotatable bonds is 10. The monoisotopic (exact) mass is 740 g/mol. The smallest absolute Gasteiger partial charge is 0.188 e. The highest BCUT2D eigenvalue weighted by atomic mass is 32.1. The van der Waals surface area contributed by atoms with Crippen molar-refractivity contribution in [1.82, 2.24) is 5.32 Å². The number of hydrogen-bond acceptors (Lipinski definition) is 9. The molecule has 3 aliphatic carbocycles. The molecule has 0 radical (unpaired) electrons. The number of anilines is 1. The number of nitrogens with two attached hydrogens (primary N) is 1. The third kappa shape index (κ3) is 6.60. The molecule has 1 aromatic carbocycles. The zero-order chi connectivity index (χ0) is 36.8. The standard InChI is InChI=1S/C41H48N4O5S2/c1-4-5-27-6-9-34(51-27)35-10-11-36(52-35)38(50)29-13-15-40(14-12-26-19-25(33(49)21-46)20-41(26,29)22-40)37(45-39(42)43-3)18-24-16-31-28(32(48)17-24)7-8-30(44-31)23(2)47/h6-12,14,16-17,23,25-26,29-30,33,37,44,46-49H,13,15,18-22H2,1-3H3,(H3,42,43,45). The Labute approximate surface area is 313 Å². The van der Waals surface area contributed by atoms with Crippen molar-refractivity contribution in [3.8, 4) is 27.3 Å². The lowest BCUT2D eigenvalue weighted by Gasteiger charge is -2.57. The number of guanidine groups is 1. The number of ketones is 1. The van der Waals surface area contributed by atoms with Crippen LogP contribution in [0.2, 0.25) is 0 Å². The first-order chi connectivity index (χ1) is 25.0. The zero-order valence-electron chi connectivity index (χ0n) is 29.8.